The zero-order valence-corrected chi connectivity index (χ0v) is 15.7. The molecule has 0 amide bonds. The third-order valence-corrected chi connectivity index (χ3v) is 4.78. The van der Waals surface area contributed by atoms with Gasteiger partial charge in [-0.1, -0.05) is 75.6 Å². The van der Waals surface area contributed by atoms with Crippen molar-refractivity contribution < 1.29 is 0 Å². The standard InChI is InChI=1S/C24H29N/c1-6-13-24(19(4)7-2)20(5)25(22-15-10-9-11-16-22)23-17-12-14-21(8-3)18-23/h6,8-20H,1,3,7H2,2,4-5H3/b24-13-. The van der Waals surface area contributed by atoms with Crippen LogP contribution < -0.4 is 4.90 Å². The van der Waals surface area contributed by atoms with Gasteiger partial charge in [0.25, 0.3) is 0 Å². The van der Waals surface area contributed by atoms with Crippen LogP contribution in [-0.2, 0) is 0 Å². The van der Waals surface area contributed by atoms with Crippen molar-refractivity contribution in [2.75, 3.05) is 4.90 Å². The first-order chi connectivity index (χ1) is 12.1. The Morgan fingerprint density at radius 3 is 2.28 bits per heavy atom. The summed E-state index contributed by atoms with van der Waals surface area (Å²) in [6.45, 7) is 14.6. The Kier molecular flexibility index (Phi) is 6.82. The lowest BCUT2D eigenvalue weighted by molar-refractivity contribution is 0.595. The van der Waals surface area contributed by atoms with Crippen LogP contribution in [0.25, 0.3) is 6.08 Å². The van der Waals surface area contributed by atoms with E-state index in [1.807, 2.05) is 12.2 Å². The maximum absolute atomic E-state index is 3.92. The fourth-order valence-corrected chi connectivity index (χ4v) is 3.22. The summed E-state index contributed by atoms with van der Waals surface area (Å²) in [5.41, 5.74) is 4.89. The topological polar surface area (TPSA) is 3.24 Å². The van der Waals surface area contributed by atoms with E-state index in [4.69, 9.17) is 0 Å². The summed E-state index contributed by atoms with van der Waals surface area (Å²) in [4.78, 5) is 2.40. The average molecular weight is 332 g/mol. The molecule has 0 fully saturated rings. The second-order valence-corrected chi connectivity index (χ2v) is 6.39. The van der Waals surface area contributed by atoms with Crippen molar-refractivity contribution in [3.8, 4) is 0 Å². The minimum absolute atomic E-state index is 0.232. The number of anilines is 2. The first kappa shape index (κ1) is 18.8. The molecule has 0 aliphatic carbocycles. The van der Waals surface area contributed by atoms with E-state index in [1.165, 1.54) is 16.9 Å². The molecule has 0 bridgehead atoms. The monoisotopic (exact) mass is 331 g/mol. The zero-order valence-electron chi connectivity index (χ0n) is 15.7. The van der Waals surface area contributed by atoms with E-state index in [2.05, 4.69) is 99.5 Å². The highest BCUT2D eigenvalue weighted by Gasteiger charge is 2.23. The number of hydrogen-bond acceptors (Lipinski definition) is 1. The molecule has 0 aliphatic heterocycles. The van der Waals surface area contributed by atoms with Crippen LogP contribution in [-0.4, -0.2) is 6.04 Å². The molecule has 0 N–H and O–H groups in total. The molecule has 2 unspecified atom stereocenters. The predicted molar refractivity (Wildman–Crippen MR) is 112 cm³/mol. The minimum atomic E-state index is 0.232. The van der Waals surface area contributed by atoms with Gasteiger partial charge in [-0.2, -0.15) is 0 Å². The highest BCUT2D eigenvalue weighted by molar-refractivity contribution is 5.68. The van der Waals surface area contributed by atoms with Gasteiger partial charge in [0, 0.05) is 11.4 Å². The fraction of sp³-hybridized carbons (Fsp3) is 0.250. The third-order valence-electron chi connectivity index (χ3n) is 4.78. The van der Waals surface area contributed by atoms with E-state index in [9.17, 15) is 0 Å². The number of rotatable bonds is 8. The Hall–Kier alpha value is -2.54. The smallest absolute Gasteiger partial charge is 0.0528 e. The second kappa shape index (κ2) is 9.08. The molecule has 0 saturated carbocycles. The molecule has 0 aliphatic rings. The summed E-state index contributed by atoms with van der Waals surface area (Å²) < 4.78 is 0. The Morgan fingerprint density at radius 1 is 1.00 bits per heavy atom. The Morgan fingerprint density at radius 2 is 1.68 bits per heavy atom. The maximum Gasteiger partial charge on any atom is 0.0528 e. The lowest BCUT2D eigenvalue weighted by Crippen LogP contribution is -2.32. The van der Waals surface area contributed by atoms with Crippen LogP contribution in [0.5, 0.6) is 0 Å². The summed E-state index contributed by atoms with van der Waals surface area (Å²) in [5, 5.41) is 0. The van der Waals surface area contributed by atoms with Crippen molar-refractivity contribution in [3.63, 3.8) is 0 Å². The molecule has 0 spiro atoms. The molecule has 1 nitrogen and oxygen atoms in total. The molecule has 130 valence electrons. The van der Waals surface area contributed by atoms with Crippen LogP contribution in [0.2, 0.25) is 0 Å². The van der Waals surface area contributed by atoms with Gasteiger partial charge in [-0.3, -0.25) is 0 Å². The summed E-state index contributed by atoms with van der Waals surface area (Å²) in [7, 11) is 0. The van der Waals surface area contributed by atoms with E-state index < -0.39 is 0 Å². The number of para-hydroxylation sites is 1. The highest BCUT2D eigenvalue weighted by Crippen LogP contribution is 2.33. The highest BCUT2D eigenvalue weighted by atomic mass is 15.2. The van der Waals surface area contributed by atoms with Gasteiger partial charge in [-0.05, 0) is 54.7 Å². The quantitative estimate of drug-likeness (QED) is 0.470. The fourth-order valence-electron chi connectivity index (χ4n) is 3.22. The van der Waals surface area contributed by atoms with Crippen molar-refractivity contribution >= 4 is 17.5 Å². The van der Waals surface area contributed by atoms with Gasteiger partial charge < -0.3 is 4.90 Å². The van der Waals surface area contributed by atoms with E-state index in [1.54, 1.807) is 0 Å². The van der Waals surface area contributed by atoms with Gasteiger partial charge >= 0.3 is 0 Å². The molecule has 0 saturated heterocycles. The first-order valence-corrected chi connectivity index (χ1v) is 9.01. The Labute approximate surface area is 153 Å². The van der Waals surface area contributed by atoms with Gasteiger partial charge in [0.2, 0.25) is 0 Å². The average Bonchev–Trinajstić information content (AvgIpc) is 2.66. The van der Waals surface area contributed by atoms with Crippen LogP contribution in [0.4, 0.5) is 11.4 Å². The van der Waals surface area contributed by atoms with Crippen molar-refractivity contribution in [2.24, 2.45) is 5.92 Å². The van der Waals surface area contributed by atoms with Crippen molar-refractivity contribution in [1.82, 2.24) is 0 Å². The van der Waals surface area contributed by atoms with Gasteiger partial charge in [0.15, 0.2) is 0 Å². The molecule has 2 aromatic rings. The number of benzene rings is 2. The SMILES string of the molecule is C=C/C=C(/C(C)CC)C(C)N(c1ccccc1)c1cccc(C=C)c1. The lowest BCUT2D eigenvalue weighted by atomic mass is 9.91. The lowest BCUT2D eigenvalue weighted by Gasteiger charge is -2.35. The Bertz CT molecular complexity index is 727. The number of hydrogen-bond donors (Lipinski definition) is 0. The molecule has 0 heterocycles. The number of allylic oxidation sites excluding steroid dienone is 2. The molecule has 2 rings (SSSR count). The molecular formula is C24H29N. The van der Waals surface area contributed by atoms with Crippen molar-refractivity contribution in [1.29, 1.82) is 0 Å². The van der Waals surface area contributed by atoms with Crippen LogP contribution in [0.3, 0.4) is 0 Å². The molecular weight excluding hydrogens is 302 g/mol. The third kappa shape index (κ3) is 4.51. The summed E-state index contributed by atoms with van der Waals surface area (Å²) >= 11 is 0. The van der Waals surface area contributed by atoms with Crippen molar-refractivity contribution in [3.05, 3.63) is 91.0 Å². The van der Waals surface area contributed by atoms with E-state index in [-0.39, 0.29) is 6.04 Å². The van der Waals surface area contributed by atoms with Gasteiger partial charge in [0.05, 0.1) is 6.04 Å². The van der Waals surface area contributed by atoms with Crippen LogP contribution in [0.1, 0.15) is 32.8 Å². The van der Waals surface area contributed by atoms with Crippen LogP contribution in [0.15, 0.2) is 85.5 Å². The largest absolute Gasteiger partial charge is 0.334 e. The van der Waals surface area contributed by atoms with E-state index in [0.29, 0.717) is 5.92 Å². The molecule has 2 aromatic carbocycles. The Balaban J connectivity index is 2.56. The second-order valence-electron chi connectivity index (χ2n) is 6.39. The predicted octanol–water partition coefficient (Wildman–Crippen LogP) is 7.01. The van der Waals surface area contributed by atoms with Gasteiger partial charge in [-0.15, -0.1) is 0 Å². The first-order valence-electron chi connectivity index (χ1n) is 9.01. The summed E-state index contributed by atoms with van der Waals surface area (Å²) in [6, 6.07) is 19.3. The van der Waals surface area contributed by atoms with Gasteiger partial charge in [0.1, 0.15) is 0 Å². The molecule has 0 radical (unpaired) electrons. The molecule has 1 heteroatoms. The summed E-state index contributed by atoms with van der Waals surface area (Å²) in [6.07, 6.45) is 7.08. The minimum Gasteiger partial charge on any atom is -0.334 e. The van der Waals surface area contributed by atoms with Crippen LogP contribution in [0, 0.1) is 5.92 Å². The summed E-state index contributed by atoms with van der Waals surface area (Å²) in [5.74, 6) is 0.502. The molecule has 2 atom stereocenters. The zero-order chi connectivity index (χ0) is 18.2. The van der Waals surface area contributed by atoms with E-state index >= 15 is 0 Å². The molecule has 0 aromatic heterocycles. The van der Waals surface area contributed by atoms with Crippen LogP contribution >= 0.6 is 0 Å². The van der Waals surface area contributed by atoms with Crippen molar-refractivity contribution in [2.45, 2.75) is 33.2 Å². The molecule has 25 heavy (non-hydrogen) atoms. The normalized spacial score (nSPS) is 13.8. The van der Waals surface area contributed by atoms with Gasteiger partial charge in [-0.25, -0.2) is 0 Å². The maximum atomic E-state index is 3.92. The van der Waals surface area contributed by atoms with E-state index in [0.717, 1.165) is 12.0 Å². The number of nitrogens with zero attached hydrogens (tertiary/aromatic N) is 1.